The van der Waals surface area contributed by atoms with E-state index in [9.17, 15) is 9.59 Å². The third-order valence-electron chi connectivity index (χ3n) is 4.30. The van der Waals surface area contributed by atoms with Crippen molar-refractivity contribution in [2.24, 2.45) is 5.92 Å². The number of esters is 1. The molecular formula is C18H17BrO4. The zero-order valence-corrected chi connectivity index (χ0v) is 14.5. The Morgan fingerprint density at radius 3 is 2.70 bits per heavy atom. The first-order valence-electron chi connectivity index (χ1n) is 7.40. The van der Waals surface area contributed by atoms with Crippen LogP contribution in [0.25, 0.3) is 4.48 Å². The molecule has 0 unspecified atom stereocenters. The molecule has 23 heavy (non-hydrogen) atoms. The first kappa shape index (κ1) is 16.1. The second-order valence-corrected chi connectivity index (χ2v) is 6.71. The van der Waals surface area contributed by atoms with Crippen molar-refractivity contribution in [2.75, 3.05) is 6.61 Å². The molecule has 1 aromatic rings. The number of halogens is 1. The molecule has 120 valence electrons. The lowest BCUT2D eigenvalue weighted by Gasteiger charge is -2.35. The Balaban J connectivity index is 2.08. The van der Waals surface area contributed by atoms with Crippen LogP contribution < -0.4 is 0 Å². The molecule has 0 aromatic heterocycles. The zero-order chi connectivity index (χ0) is 16.6. The van der Waals surface area contributed by atoms with Crippen LogP contribution >= 0.6 is 15.9 Å². The van der Waals surface area contributed by atoms with Crippen molar-refractivity contribution in [1.29, 1.82) is 0 Å². The van der Waals surface area contributed by atoms with Crippen LogP contribution in [-0.4, -0.2) is 30.1 Å². The standard InChI is InChI=1S/C18H17BrO4/c1-11(20)23-17-14(21)8-9-18(2)15(17)13(10-22-18)16(19)12-6-4-3-5-7-12/h3-9,15,17H,10H2,1-2H3/b16-13+/t15-,17+,18+/m0/s1. The quantitative estimate of drug-likeness (QED) is 0.743. The van der Waals surface area contributed by atoms with Gasteiger partial charge >= 0.3 is 5.97 Å². The molecule has 0 N–H and O–H groups in total. The molecular weight excluding hydrogens is 360 g/mol. The van der Waals surface area contributed by atoms with E-state index < -0.39 is 17.7 Å². The summed E-state index contributed by atoms with van der Waals surface area (Å²) in [6, 6.07) is 9.80. The van der Waals surface area contributed by atoms with Gasteiger partial charge in [-0.3, -0.25) is 9.59 Å². The Morgan fingerprint density at radius 1 is 1.35 bits per heavy atom. The van der Waals surface area contributed by atoms with Gasteiger partial charge < -0.3 is 9.47 Å². The Kier molecular flexibility index (Phi) is 4.25. The molecule has 1 heterocycles. The average Bonchev–Trinajstić information content (AvgIpc) is 2.88. The molecule has 5 heteroatoms. The van der Waals surface area contributed by atoms with E-state index in [0.717, 1.165) is 15.6 Å². The van der Waals surface area contributed by atoms with Crippen LogP contribution in [0.3, 0.4) is 0 Å². The predicted octanol–water partition coefficient (Wildman–Crippen LogP) is 3.27. The lowest BCUT2D eigenvalue weighted by molar-refractivity contribution is -0.157. The third-order valence-corrected chi connectivity index (χ3v) is 5.26. The van der Waals surface area contributed by atoms with Gasteiger partial charge in [0.2, 0.25) is 0 Å². The molecule has 1 aromatic carbocycles. The highest BCUT2D eigenvalue weighted by atomic mass is 79.9. The summed E-state index contributed by atoms with van der Waals surface area (Å²) >= 11 is 3.64. The van der Waals surface area contributed by atoms with E-state index >= 15 is 0 Å². The molecule has 3 atom stereocenters. The van der Waals surface area contributed by atoms with Crippen LogP contribution in [0.2, 0.25) is 0 Å². The molecule has 1 aliphatic carbocycles. The van der Waals surface area contributed by atoms with Gasteiger partial charge in [0, 0.05) is 11.4 Å². The van der Waals surface area contributed by atoms with E-state index in [0.29, 0.717) is 6.61 Å². The van der Waals surface area contributed by atoms with E-state index in [4.69, 9.17) is 9.47 Å². The molecule has 0 spiro atoms. The maximum absolute atomic E-state index is 12.3. The molecule has 2 aliphatic rings. The van der Waals surface area contributed by atoms with E-state index in [1.165, 1.54) is 13.0 Å². The Labute approximate surface area is 143 Å². The SMILES string of the molecule is CC(=O)O[C@@H]1C(=O)C=C[C@@]2(C)OC/C(=C(\Br)c3ccccc3)[C@@H]12. The van der Waals surface area contributed by atoms with Crippen LogP contribution in [0.1, 0.15) is 19.4 Å². The van der Waals surface area contributed by atoms with Gasteiger partial charge in [-0.05, 0) is 30.2 Å². The van der Waals surface area contributed by atoms with Gasteiger partial charge in [0.05, 0.1) is 18.1 Å². The summed E-state index contributed by atoms with van der Waals surface area (Å²) in [5, 5.41) is 0. The van der Waals surface area contributed by atoms with Crippen molar-refractivity contribution in [3.63, 3.8) is 0 Å². The third kappa shape index (κ3) is 2.91. The number of hydrogen-bond acceptors (Lipinski definition) is 4. The minimum Gasteiger partial charge on any atom is -0.453 e. The fourth-order valence-corrected chi connectivity index (χ4v) is 3.80. The maximum atomic E-state index is 12.3. The normalized spacial score (nSPS) is 31.7. The topological polar surface area (TPSA) is 52.6 Å². The van der Waals surface area contributed by atoms with Gasteiger partial charge in [0.15, 0.2) is 11.9 Å². The van der Waals surface area contributed by atoms with Gasteiger partial charge in [-0.1, -0.05) is 46.3 Å². The number of ether oxygens (including phenoxy) is 2. The second-order valence-electron chi connectivity index (χ2n) is 5.92. The molecule has 0 bridgehead atoms. The molecule has 1 saturated heterocycles. The predicted molar refractivity (Wildman–Crippen MR) is 89.8 cm³/mol. The minimum absolute atomic E-state index is 0.209. The first-order chi connectivity index (χ1) is 10.9. The van der Waals surface area contributed by atoms with E-state index in [2.05, 4.69) is 15.9 Å². The first-order valence-corrected chi connectivity index (χ1v) is 8.20. The summed E-state index contributed by atoms with van der Waals surface area (Å²) in [5.74, 6) is -1.01. The summed E-state index contributed by atoms with van der Waals surface area (Å²) in [4.78, 5) is 23.7. The Morgan fingerprint density at radius 2 is 2.04 bits per heavy atom. The Hall–Kier alpha value is -1.72. The van der Waals surface area contributed by atoms with E-state index in [1.807, 2.05) is 37.3 Å². The lowest BCUT2D eigenvalue weighted by Crippen LogP contribution is -2.47. The fraction of sp³-hybridized carbons (Fsp3) is 0.333. The number of hydrogen-bond donors (Lipinski definition) is 0. The van der Waals surface area contributed by atoms with Crippen LogP contribution in [-0.2, 0) is 19.1 Å². The lowest BCUT2D eigenvalue weighted by atomic mass is 9.75. The highest BCUT2D eigenvalue weighted by molar-refractivity contribution is 9.15. The Bertz CT molecular complexity index is 707. The fourth-order valence-electron chi connectivity index (χ4n) is 3.18. The highest BCUT2D eigenvalue weighted by Crippen LogP contribution is 2.47. The number of benzene rings is 1. The minimum atomic E-state index is -0.851. The smallest absolute Gasteiger partial charge is 0.303 e. The van der Waals surface area contributed by atoms with Crippen molar-refractivity contribution >= 4 is 32.2 Å². The second kappa shape index (κ2) is 6.06. The van der Waals surface area contributed by atoms with Crippen LogP contribution in [0.15, 0.2) is 48.1 Å². The molecule has 1 fully saturated rings. The molecule has 3 rings (SSSR count). The summed E-state index contributed by atoms with van der Waals surface area (Å²) < 4.78 is 12.1. The number of fused-ring (bicyclic) bond motifs is 1. The molecule has 4 nitrogen and oxygen atoms in total. The van der Waals surface area contributed by atoms with Gasteiger partial charge in [-0.2, -0.15) is 0 Å². The molecule has 0 saturated carbocycles. The van der Waals surface area contributed by atoms with Gasteiger partial charge in [-0.15, -0.1) is 0 Å². The van der Waals surface area contributed by atoms with Crippen molar-refractivity contribution in [2.45, 2.75) is 25.6 Å². The highest BCUT2D eigenvalue weighted by Gasteiger charge is 2.52. The summed E-state index contributed by atoms with van der Waals surface area (Å²) in [6.45, 7) is 3.61. The number of rotatable bonds is 2. The summed E-state index contributed by atoms with van der Waals surface area (Å²) in [6.07, 6.45) is 2.36. The van der Waals surface area contributed by atoms with Crippen LogP contribution in [0, 0.1) is 5.92 Å². The van der Waals surface area contributed by atoms with Gasteiger partial charge in [0.25, 0.3) is 0 Å². The molecule has 0 amide bonds. The van der Waals surface area contributed by atoms with Gasteiger partial charge in [0.1, 0.15) is 0 Å². The van der Waals surface area contributed by atoms with E-state index in [1.54, 1.807) is 6.08 Å². The van der Waals surface area contributed by atoms with Crippen molar-refractivity contribution in [3.8, 4) is 0 Å². The van der Waals surface area contributed by atoms with Crippen molar-refractivity contribution in [3.05, 3.63) is 53.6 Å². The maximum Gasteiger partial charge on any atom is 0.303 e. The average molecular weight is 377 g/mol. The molecule has 1 aliphatic heterocycles. The van der Waals surface area contributed by atoms with Crippen LogP contribution in [0.4, 0.5) is 0 Å². The number of ketones is 1. The van der Waals surface area contributed by atoms with Crippen LogP contribution in [0.5, 0.6) is 0 Å². The van der Waals surface area contributed by atoms with Crippen molar-refractivity contribution < 1.29 is 19.1 Å². The summed E-state index contributed by atoms with van der Waals surface area (Å²) in [7, 11) is 0. The van der Waals surface area contributed by atoms with E-state index in [-0.39, 0.29) is 11.7 Å². The zero-order valence-electron chi connectivity index (χ0n) is 12.9. The van der Waals surface area contributed by atoms with Gasteiger partial charge in [-0.25, -0.2) is 0 Å². The molecule has 0 radical (unpaired) electrons. The largest absolute Gasteiger partial charge is 0.453 e. The number of carbonyl (C=O) groups is 2. The number of carbonyl (C=O) groups excluding carboxylic acids is 2. The summed E-state index contributed by atoms with van der Waals surface area (Å²) in [5.41, 5.74) is 1.28. The monoisotopic (exact) mass is 376 g/mol. The van der Waals surface area contributed by atoms with Crippen molar-refractivity contribution in [1.82, 2.24) is 0 Å².